The van der Waals surface area contributed by atoms with Gasteiger partial charge in [-0.25, -0.2) is 0 Å². The van der Waals surface area contributed by atoms with Gasteiger partial charge in [0.2, 0.25) is 0 Å². The average Bonchev–Trinajstić information content (AvgIpc) is 3.48. The van der Waals surface area contributed by atoms with Crippen molar-refractivity contribution in [2.75, 3.05) is 13.2 Å². The molecule has 0 spiro atoms. The van der Waals surface area contributed by atoms with Crippen molar-refractivity contribution in [2.45, 2.75) is 393 Å². The number of hydrogen-bond donors (Lipinski definition) is 0. The third-order valence-electron chi connectivity index (χ3n) is 16.3. The van der Waals surface area contributed by atoms with E-state index in [4.69, 9.17) is 14.2 Å². The van der Waals surface area contributed by atoms with E-state index in [9.17, 15) is 14.4 Å². The van der Waals surface area contributed by atoms with Gasteiger partial charge in [-0.2, -0.15) is 0 Å². The van der Waals surface area contributed by atoms with Crippen molar-refractivity contribution in [1.29, 1.82) is 0 Å². The molecule has 0 rings (SSSR count). The summed E-state index contributed by atoms with van der Waals surface area (Å²) in [6, 6.07) is 0. The second-order valence-electron chi connectivity index (χ2n) is 24.5. The summed E-state index contributed by atoms with van der Waals surface area (Å²) >= 11 is 0. The standard InChI is InChI=1S/C76H138O6/c1-4-7-10-13-16-19-22-25-28-31-32-33-34-35-36-37-38-39-40-41-42-43-44-46-48-51-54-57-60-63-66-69-75(78)81-72-73(71-80-74(77)68-65-62-59-56-53-50-47-30-27-24-21-18-15-12-9-6-3)82-76(79)70-67-64-61-58-55-52-49-45-29-26-23-20-17-14-11-8-5-2/h7,10,16,19,25,28,30,32-33,47,73H,4-6,8-9,11-15,17-18,20-24,26-27,29,31,34-46,48-72H2,1-3H3/b10-7-,19-16-,28-25-,33-32-,47-30-. The molecule has 0 bridgehead atoms. The molecule has 0 heterocycles. The summed E-state index contributed by atoms with van der Waals surface area (Å²) < 4.78 is 17.0. The molecule has 82 heavy (non-hydrogen) atoms. The Hall–Kier alpha value is -2.89. The van der Waals surface area contributed by atoms with E-state index in [2.05, 4.69) is 81.5 Å². The fraction of sp³-hybridized carbons (Fsp3) is 0.829. The molecule has 1 unspecified atom stereocenters. The predicted octanol–water partition coefficient (Wildman–Crippen LogP) is 25.1. The fourth-order valence-corrected chi connectivity index (χ4v) is 10.8. The molecule has 478 valence electrons. The van der Waals surface area contributed by atoms with E-state index in [0.717, 1.165) is 89.9 Å². The second kappa shape index (κ2) is 70.6. The van der Waals surface area contributed by atoms with Crippen LogP contribution >= 0.6 is 0 Å². The molecular formula is C76H138O6. The van der Waals surface area contributed by atoms with Gasteiger partial charge < -0.3 is 14.2 Å². The van der Waals surface area contributed by atoms with Gasteiger partial charge in [0.25, 0.3) is 0 Å². The van der Waals surface area contributed by atoms with Crippen LogP contribution in [0.15, 0.2) is 60.8 Å². The Labute approximate surface area is 510 Å². The van der Waals surface area contributed by atoms with Gasteiger partial charge in [0.1, 0.15) is 13.2 Å². The van der Waals surface area contributed by atoms with Crippen LogP contribution in [0.1, 0.15) is 387 Å². The van der Waals surface area contributed by atoms with E-state index in [0.29, 0.717) is 19.3 Å². The molecular weight excluding hydrogens is 1010 g/mol. The largest absolute Gasteiger partial charge is 0.462 e. The van der Waals surface area contributed by atoms with Crippen LogP contribution in [-0.2, 0) is 28.6 Å². The summed E-state index contributed by atoms with van der Waals surface area (Å²) in [5.74, 6) is -0.850. The van der Waals surface area contributed by atoms with Gasteiger partial charge in [-0.15, -0.1) is 0 Å². The summed E-state index contributed by atoms with van der Waals surface area (Å²) in [6.45, 7) is 6.59. The Morgan fingerprint density at radius 3 is 0.756 bits per heavy atom. The Kier molecular flexibility index (Phi) is 68.1. The van der Waals surface area contributed by atoms with E-state index in [1.165, 1.54) is 257 Å². The lowest BCUT2D eigenvalue weighted by molar-refractivity contribution is -0.167. The lowest BCUT2D eigenvalue weighted by Crippen LogP contribution is -2.30. The van der Waals surface area contributed by atoms with Crippen molar-refractivity contribution < 1.29 is 28.6 Å². The van der Waals surface area contributed by atoms with Gasteiger partial charge in [-0.05, 0) is 83.5 Å². The highest BCUT2D eigenvalue weighted by Crippen LogP contribution is 2.18. The van der Waals surface area contributed by atoms with Gasteiger partial charge in [-0.3, -0.25) is 14.4 Å². The zero-order valence-corrected chi connectivity index (χ0v) is 55.0. The fourth-order valence-electron chi connectivity index (χ4n) is 10.8. The molecule has 0 saturated heterocycles. The first kappa shape index (κ1) is 79.1. The SMILES string of the molecule is CC/C=C\C/C=C\C/C=C\C/C=C\CCCCCCCCCCCCCCCCCCCCC(=O)OCC(COC(=O)CCCCCCC/C=C\CCCCCCCCC)OC(=O)CCCCCCCCCCCCCCCCCCC. The van der Waals surface area contributed by atoms with Crippen molar-refractivity contribution in [3.05, 3.63) is 60.8 Å². The number of ether oxygens (including phenoxy) is 3. The molecule has 0 N–H and O–H groups in total. The molecule has 0 aromatic heterocycles. The first-order valence-electron chi connectivity index (χ1n) is 36.3. The summed E-state index contributed by atoms with van der Waals surface area (Å²) in [5, 5.41) is 0. The molecule has 0 aromatic rings. The monoisotopic (exact) mass is 1150 g/mol. The second-order valence-corrected chi connectivity index (χ2v) is 24.5. The van der Waals surface area contributed by atoms with Crippen molar-refractivity contribution in [1.82, 2.24) is 0 Å². The van der Waals surface area contributed by atoms with Crippen molar-refractivity contribution >= 4 is 17.9 Å². The van der Waals surface area contributed by atoms with Crippen LogP contribution in [-0.4, -0.2) is 37.2 Å². The zero-order chi connectivity index (χ0) is 59.2. The third kappa shape index (κ3) is 67.9. The van der Waals surface area contributed by atoms with Crippen LogP contribution in [0, 0.1) is 0 Å². The normalized spacial score (nSPS) is 12.4. The highest BCUT2D eigenvalue weighted by molar-refractivity contribution is 5.71. The van der Waals surface area contributed by atoms with Gasteiger partial charge in [0.15, 0.2) is 6.10 Å². The van der Waals surface area contributed by atoms with E-state index in [1.807, 2.05) is 0 Å². The summed E-state index contributed by atoms with van der Waals surface area (Å²) in [6.07, 6.45) is 91.1. The summed E-state index contributed by atoms with van der Waals surface area (Å²) in [4.78, 5) is 38.5. The van der Waals surface area contributed by atoms with Crippen molar-refractivity contribution in [2.24, 2.45) is 0 Å². The highest BCUT2D eigenvalue weighted by atomic mass is 16.6. The van der Waals surface area contributed by atoms with E-state index >= 15 is 0 Å². The first-order valence-corrected chi connectivity index (χ1v) is 36.3. The number of hydrogen-bond acceptors (Lipinski definition) is 6. The summed E-state index contributed by atoms with van der Waals surface area (Å²) in [7, 11) is 0. The Morgan fingerprint density at radius 2 is 0.476 bits per heavy atom. The number of esters is 3. The quantitative estimate of drug-likeness (QED) is 0.0261. The molecule has 0 radical (unpaired) electrons. The van der Waals surface area contributed by atoms with Gasteiger partial charge in [0, 0.05) is 19.3 Å². The van der Waals surface area contributed by atoms with Crippen molar-refractivity contribution in [3.8, 4) is 0 Å². The van der Waals surface area contributed by atoms with Crippen LogP contribution in [0.25, 0.3) is 0 Å². The minimum Gasteiger partial charge on any atom is -0.462 e. The minimum absolute atomic E-state index is 0.0704. The third-order valence-corrected chi connectivity index (χ3v) is 16.3. The Morgan fingerprint density at radius 1 is 0.256 bits per heavy atom. The maximum Gasteiger partial charge on any atom is 0.306 e. The minimum atomic E-state index is -0.775. The van der Waals surface area contributed by atoms with Crippen LogP contribution in [0.4, 0.5) is 0 Å². The van der Waals surface area contributed by atoms with Crippen LogP contribution in [0.3, 0.4) is 0 Å². The molecule has 0 aliphatic rings. The number of allylic oxidation sites excluding steroid dienone is 10. The Balaban J connectivity index is 4.20. The average molecular weight is 1150 g/mol. The molecule has 1 atom stereocenters. The lowest BCUT2D eigenvalue weighted by Gasteiger charge is -2.18. The maximum atomic E-state index is 12.9. The molecule has 6 nitrogen and oxygen atoms in total. The highest BCUT2D eigenvalue weighted by Gasteiger charge is 2.19. The molecule has 6 heteroatoms. The number of carbonyl (C=O) groups excluding carboxylic acids is 3. The van der Waals surface area contributed by atoms with Crippen LogP contribution < -0.4 is 0 Å². The number of unbranched alkanes of at least 4 members (excludes halogenated alkanes) is 46. The summed E-state index contributed by atoms with van der Waals surface area (Å²) in [5.41, 5.74) is 0. The number of carbonyl (C=O) groups is 3. The molecule has 0 saturated carbocycles. The van der Waals surface area contributed by atoms with Gasteiger partial charge in [-0.1, -0.05) is 345 Å². The molecule has 0 aliphatic carbocycles. The topological polar surface area (TPSA) is 78.9 Å². The zero-order valence-electron chi connectivity index (χ0n) is 55.0. The van der Waals surface area contributed by atoms with Crippen LogP contribution in [0.2, 0.25) is 0 Å². The molecule has 0 aliphatic heterocycles. The van der Waals surface area contributed by atoms with Gasteiger partial charge >= 0.3 is 17.9 Å². The molecule has 0 amide bonds. The Bertz CT molecular complexity index is 1460. The van der Waals surface area contributed by atoms with E-state index < -0.39 is 6.10 Å². The number of rotatable bonds is 67. The lowest BCUT2D eigenvalue weighted by atomic mass is 10.0. The first-order chi connectivity index (χ1) is 40.5. The van der Waals surface area contributed by atoms with Gasteiger partial charge in [0.05, 0.1) is 0 Å². The molecule has 0 aromatic carbocycles. The van der Waals surface area contributed by atoms with E-state index in [-0.39, 0.29) is 31.1 Å². The smallest absolute Gasteiger partial charge is 0.306 e. The maximum absolute atomic E-state index is 12.9. The van der Waals surface area contributed by atoms with E-state index in [1.54, 1.807) is 0 Å². The van der Waals surface area contributed by atoms with Crippen LogP contribution in [0.5, 0.6) is 0 Å². The van der Waals surface area contributed by atoms with Crippen molar-refractivity contribution in [3.63, 3.8) is 0 Å². The predicted molar refractivity (Wildman–Crippen MR) is 358 cm³/mol. The molecule has 0 fully saturated rings.